The molecule has 0 radical (unpaired) electrons. The van der Waals surface area contributed by atoms with E-state index in [0.29, 0.717) is 18.1 Å². The van der Waals surface area contributed by atoms with Crippen LogP contribution >= 0.6 is 0 Å². The number of aromatic nitrogens is 1. The van der Waals surface area contributed by atoms with Gasteiger partial charge in [-0.25, -0.2) is 4.79 Å². The van der Waals surface area contributed by atoms with E-state index in [9.17, 15) is 14.7 Å². The zero-order valence-corrected chi connectivity index (χ0v) is 16.9. The molecule has 156 valence electrons. The number of ketones is 1. The number of amidine groups is 1. The summed E-state index contributed by atoms with van der Waals surface area (Å²) < 4.78 is 4.60. The smallest absolute Gasteiger partial charge is 0.412 e. The van der Waals surface area contributed by atoms with E-state index in [1.54, 1.807) is 6.20 Å². The van der Waals surface area contributed by atoms with E-state index in [0.717, 1.165) is 36.0 Å². The molecule has 2 aromatic rings. The van der Waals surface area contributed by atoms with Crippen molar-refractivity contribution in [3.8, 4) is 0 Å². The number of fused-ring (bicyclic) bond motifs is 1. The molecule has 1 aliphatic heterocycles. The Morgan fingerprint density at radius 3 is 2.70 bits per heavy atom. The molecule has 1 aliphatic carbocycles. The maximum absolute atomic E-state index is 12.9. The quantitative estimate of drug-likeness (QED) is 0.767. The molecular formula is C23H25N3O4. The summed E-state index contributed by atoms with van der Waals surface area (Å²) in [5, 5.41) is 13.5. The van der Waals surface area contributed by atoms with Crippen LogP contribution in [0.3, 0.4) is 0 Å². The molecule has 1 saturated carbocycles. The van der Waals surface area contributed by atoms with Crippen LogP contribution < -0.4 is 5.32 Å². The Bertz CT molecular complexity index is 983. The topological polar surface area (TPSA) is 101 Å². The predicted molar refractivity (Wildman–Crippen MR) is 111 cm³/mol. The van der Waals surface area contributed by atoms with Crippen molar-refractivity contribution in [2.45, 2.75) is 50.2 Å². The largest absolute Gasteiger partial charge is 0.453 e. The Morgan fingerprint density at radius 2 is 2.03 bits per heavy atom. The molecule has 0 bridgehead atoms. The maximum Gasteiger partial charge on any atom is 0.412 e. The highest BCUT2D eigenvalue weighted by atomic mass is 16.5. The van der Waals surface area contributed by atoms with Crippen molar-refractivity contribution >= 4 is 17.7 Å². The second-order valence-electron chi connectivity index (χ2n) is 7.95. The van der Waals surface area contributed by atoms with Crippen LogP contribution in [0.4, 0.5) is 4.79 Å². The van der Waals surface area contributed by atoms with Crippen LogP contribution in [0.15, 0.2) is 47.6 Å². The molecule has 2 aliphatic rings. The van der Waals surface area contributed by atoms with Gasteiger partial charge in [0.15, 0.2) is 0 Å². The molecule has 0 saturated heterocycles. The number of amides is 1. The Balaban J connectivity index is 1.45. The highest BCUT2D eigenvalue weighted by molar-refractivity contribution is 6.08. The molecule has 2 heterocycles. The van der Waals surface area contributed by atoms with Gasteiger partial charge in [-0.3, -0.25) is 20.1 Å². The van der Waals surface area contributed by atoms with E-state index in [2.05, 4.69) is 20.0 Å². The first-order valence-corrected chi connectivity index (χ1v) is 10.1. The number of carbonyl (C=O) groups is 2. The molecule has 30 heavy (non-hydrogen) atoms. The summed E-state index contributed by atoms with van der Waals surface area (Å²) in [6.45, 7) is 0.421. The molecule has 1 fully saturated rings. The van der Waals surface area contributed by atoms with Gasteiger partial charge in [0.25, 0.3) is 0 Å². The van der Waals surface area contributed by atoms with Gasteiger partial charge >= 0.3 is 6.09 Å². The van der Waals surface area contributed by atoms with Crippen molar-refractivity contribution in [2.75, 3.05) is 7.11 Å². The molecule has 1 aromatic carbocycles. The fourth-order valence-corrected chi connectivity index (χ4v) is 4.18. The second-order valence-corrected chi connectivity index (χ2v) is 7.95. The monoisotopic (exact) mass is 407 g/mol. The third kappa shape index (κ3) is 4.11. The molecule has 1 amide bonds. The first-order valence-electron chi connectivity index (χ1n) is 10.1. The number of hydrogen-bond acceptors (Lipinski definition) is 6. The van der Waals surface area contributed by atoms with Crippen molar-refractivity contribution in [3.05, 3.63) is 65.0 Å². The minimum Gasteiger partial charge on any atom is -0.453 e. The number of ether oxygens (including phenoxy) is 1. The summed E-state index contributed by atoms with van der Waals surface area (Å²) in [6, 6.07) is 11.6. The molecule has 1 atom stereocenters. The van der Waals surface area contributed by atoms with Crippen molar-refractivity contribution < 1.29 is 19.4 Å². The Hall–Kier alpha value is -3.06. The predicted octanol–water partition coefficient (Wildman–Crippen LogP) is 2.90. The van der Waals surface area contributed by atoms with Crippen LogP contribution in [0.5, 0.6) is 0 Å². The van der Waals surface area contributed by atoms with Crippen LogP contribution in [0, 0.1) is 0 Å². The number of methoxy groups -OCH3 is 1. The highest BCUT2D eigenvalue weighted by Gasteiger charge is 2.43. The number of pyridine rings is 1. The second kappa shape index (κ2) is 8.36. The summed E-state index contributed by atoms with van der Waals surface area (Å²) in [5.41, 5.74) is 2.52. The van der Waals surface area contributed by atoms with Crippen LogP contribution in [-0.2, 0) is 22.5 Å². The van der Waals surface area contributed by atoms with Crippen LogP contribution in [0.25, 0.3) is 0 Å². The SMILES string of the molecule is COC(=O)NC1=NCc2cc(CC(=O)C[C@@H](c3ccccc3)C3(O)CCC3)ncc21. The summed E-state index contributed by atoms with van der Waals surface area (Å²) in [7, 11) is 1.29. The number of nitrogens with zero attached hydrogens (tertiary/aromatic N) is 2. The van der Waals surface area contributed by atoms with Crippen LogP contribution in [0.2, 0.25) is 0 Å². The van der Waals surface area contributed by atoms with Gasteiger partial charge in [0.05, 0.1) is 19.3 Å². The summed E-state index contributed by atoms with van der Waals surface area (Å²) in [5.74, 6) is 0.274. The number of aliphatic imine (C=N–C) groups is 1. The average molecular weight is 407 g/mol. The normalized spacial score (nSPS) is 17.3. The average Bonchev–Trinajstić information content (AvgIpc) is 3.12. The zero-order chi connectivity index (χ0) is 21.1. The molecule has 0 spiro atoms. The Morgan fingerprint density at radius 1 is 1.27 bits per heavy atom. The van der Waals surface area contributed by atoms with Gasteiger partial charge in [-0.1, -0.05) is 30.3 Å². The summed E-state index contributed by atoms with van der Waals surface area (Å²) in [4.78, 5) is 33.0. The van der Waals surface area contributed by atoms with Crippen LogP contribution in [0.1, 0.15) is 54.0 Å². The van der Waals surface area contributed by atoms with E-state index in [1.165, 1.54) is 7.11 Å². The van der Waals surface area contributed by atoms with Crippen LogP contribution in [-0.4, -0.2) is 40.5 Å². The molecule has 0 unspecified atom stereocenters. The first-order chi connectivity index (χ1) is 14.5. The lowest BCUT2D eigenvalue weighted by Gasteiger charge is -2.43. The van der Waals surface area contributed by atoms with Crippen molar-refractivity contribution in [1.82, 2.24) is 10.3 Å². The number of carbonyl (C=O) groups excluding carboxylic acids is 2. The fourth-order valence-electron chi connectivity index (χ4n) is 4.18. The number of nitrogens with one attached hydrogen (secondary N) is 1. The Labute approximate surface area is 175 Å². The molecule has 7 nitrogen and oxygen atoms in total. The third-order valence-electron chi connectivity index (χ3n) is 5.99. The maximum atomic E-state index is 12.9. The van der Waals surface area contributed by atoms with Gasteiger partial charge in [-0.05, 0) is 36.5 Å². The van der Waals surface area contributed by atoms with Crippen molar-refractivity contribution in [3.63, 3.8) is 0 Å². The van der Waals surface area contributed by atoms with Gasteiger partial charge in [-0.15, -0.1) is 0 Å². The van der Waals surface area contributed by atoms with Gasteiger partial charge in [0.1, 0.15) is 11.6 Å². The standard InChI is InChI=1S/C23H25N3O4/c1-30-22(28)26-21-19-14-24-17(10-16(19)13-25-21)11-18(27)12-20(23(29)8-5-9-23)15-6-3-2-4-7-15/h2-4,6-7,10,14,20,29H,5,8-9,11-13H2,1H3,(H,25,26,28)/t20-/m0/s1. The zero-order valence-electron chi connectivity index (χ0n) is 16.9. The van der Waals surface area contributed by atoms with E-state index in [4.69, 9.17) is 0 Å². The van der Waals surface area contributed by atoms with Gasteiger partial charge in [-0.2, -0.15) is 0 Å². The van der Waals surface area contributed by atoms with Crippen molar-refractivity contribution in [1.29, 1.82) is 0 Å². The summed E-state index contributed by atoms with van der Waals surface area (Å²) in [6.07, 6.45) is 3.98. The third-order valence-corrected chi connectivity index (χ3v) is 5.99. The van der Waals surface area contributed by atoms with E-state index in [1.807, 2.05) is 36.4 Å². The Kier molecular flexibility index (Phi) is 5.63. The number of aliphatic hydroxyl groups is 1. The highest BCUT2D eigenvalue weighted by Crippen LogP contribution is 2.45. The molecular weight excluding hydrogens is 382 g/mol. The molecule has 4 rings (SSSR count). The lowest BCUT2D eigenvalue weighted by molar-refractivity contribution is -0.122. The van der Waals surface area contributed by atoms with Crippen molar-refractivity contribution in [2.24, 2.45) is 4.99 Å². The minimum absolute atomic E-state index is 0.0449. The number of rotatable bonds is 6. The molecule has 7 heteroatoms. The van der Waals surface area contributed by atoms with Gasteiger partial charge < -0.3 is 9.84 Å². The minimum atomic E-state index is -0.801. The summed E-state index contributed by atoms with van der Waals surface area (Å²) >= 11 is 0. The molecule has 1 aromatic heterocycles. The number of hydrogen-bond donors (Lipinski definition) is 2. The molecule has 2 N–H and O–H groups in total. The first kappa shape index (κ1) is 20.2. The van der Waals surface area contributed by atoms with E-state index in [-0.39, 0.29) is 24.5 Å². The number of benzene rings is 1. The van der Waals surface area contributed by atoms with E-state index < -0.39 is 11.7 Å². The lowest BCUT2D eigenvalue weighted by Crippen LogP contribution is -2.44. The lowest BCUT2D eigenvalue weighted by atomic mass is 9.67. The number of Topliss-reactive ketones (excluding diaryl/α,β-unsaturated/α-hetero) is 1. The fraction of sp³-hybridized carbons (Fsp3) is 0.391. The van der Waals surface area contributed by atoms with Gasteiger partial charge in [0, 0.05) is 36.2 Å². The number of alkyl carbamates (subject to hydrolysis) is 1. The van der Waals surface area contributed by atoms with Gasteiger partial charge in [0.2, 0.25) is 0 Å². The van der Waals surface area contributed by atoms with E-state index >= 15 is 0 Å².